The molecule has 0 unspecified atom stereocenters. The minimum atomic E-state index is -3.68. The predicted octanol–water partition coefficient (Wildman–Crippen LogP) is 3.38. The lowest BCUT2D eigenvalue weighted by atomic mass is 10.00. The smallest absolute Gasteiger partial charge is 0.241 e. The highest BCUT2D eigenvalue weighted by molar-refractivity contribution is 7.92. The number of benzene rings is 1. The first-order valence-corrected chi connectivity index (χ1v) is 10.2. The van der Waals surface area contributed by atoms with E-state index >= 15 is 0 Å². The van der Waals surface area contributed by atoms with Crippen molar-refractivity contribution in [2.45, 2.75) is 25.7 Å². The molecule has 5 nitrogen and oxygen atoms in total. The van der Waals surface area contributed by atoms with Crippen LogP contribution in [-0.2, 0) is 14.8 Å². The Kier molecular flexibility index (Phi) is 6.54. The molecule has 0 bridgehead atoms. The maximum atomic E-state index is 12.2. The topological polar surface area (TPSA) is 66.5 Å². The highest BCUT2D eigenvalue weighted by Crippen LogP contribution is 2.30. The lowest BCUT2D eigenvalue weighted by Crippen LogP contribution is -2.41. The summed E-state index contributed by atoms with van der Waals surface area (Å²) in [5.74, 6) is -0.386. The molecule has 1 aromatic carbocycles. The third-order valence-electron chi connectivity index (χ3n) is 3.76. The van der Waals surface area contributed by atoms with E-state index in [1.54, 1.807) is 6.07 Å². The van der Waals surface area contributed by atoms with Crippen LogP contribution in [0.2, 0.25) is 10.0 Å². The van der Waals surface area contributed by atoms with Gasteiger partial charge in [0.05, 0.1) is 17.0 Å². The van der Waals surface area contributed by atoms with E-state index in [1.807, 2.05) is 0 Å². The van der Waals surface area contributed by atoms with Gasteiger partial charge in [0.1, 0.15) is 6.54 Å². The summed E-state index contributed by atoms with van der Waals surface area (Å²) in [5.41, 5.74) is 1.37. The van der Waals surface area contributed by atoms with Crippen LogP contribution in [-0.4, -0.2) is 33.7 Å². The van der Waals surface area contributed by atoms with Crippen molar-refractivity contribution in [2.24, 2.45) is 0 Å². The molecule has 1 aliphatic carbocycles. The van der Waals surface area contributed by atoms with Crippen LogP contribution < -0.4 is 9.62 Å². The Labute approximate surface area is 152 Å². The summed E-state index contributed by atoms with van der Waals surface area (Å²) in [6.07, 6.45) is 7.45. The molecule has 0 spiro atoms. The fraction of sp³-hybridized carbons (Fsp3) is 0.438. The van der Waals surface area contributed by atoms with Crippen LogP contribution in [0.1, 0.15) is 25.7 Å². The standard InChI is InChI=1S/C16H20Cl2N2O3S/c1-24(22,23)20(15-9-13(17)7-8-14(15)18)11-16(21)19-10-12-5-3-2-4-6-12/h5,7-9H,2-4,6,10-11H2,1H3,(H,19,21). The number of hydrogen-bond acceptors (Lipinski definition) is 3. The summed E-state index contributed by atoms with van der Waals surface area (Å²) in [5, 5.41) is 3.33. The summed E-state index contributed by atoms with van der Waals surface area (Å²) >= 11 is 12.0. The third-order valence-corrected chi connectivity index (χ3v) is 5.44. The molecule has 2 rings (SSSR count). The van der Waals surface area contributed by atoms with Crippen molar-refractivity contribution in [1.29, 1.82) is 0 Å². The molecule has 0 radical (unpaired) electrons. The first-order chi connectivity index (χ1) is 11.3. The second-order valence-corrected chi connectivity index (χ2v) is 8.50. The number of nitrogens with one attached hydrogen (secondary N) is 1. The van der Waals surface area contributed by atoms with Gasteiger partial charge in [-0.3, -0.25) is 9.10 Å². The summed E-state index contributed by atoms with van der Waals surface area (Å²) in [6, 6.07) is 4.49. The fourth-order valence-electron chi connectivity index (χ4n) is 2.52. The van der Waals surface area contributed by atoms with Gasteiger partial charge in [-0.2, -0.15) is 0 Å². The average molecular weight is 391 g/mol. The van der Waals surface area contributed by atoms with Crippen molar-refractivity contribution < 1.29 is 13.2 Å². The molecule has 8 heteroatoms. The Morgan fingerprint density at radius 2 is 2.04 bits per heavy atom. The minimum absolute atomic E-state index is 0.193. The molecular formula is C16H20Cl2N2O3S. The lowest BCUT2D eigenvalue weighted by Gasteiger charge is -2.23. The summed E-state index contributed by atoms with van der Waals surface area (Å²) in [7, 11) is -3.68. The Morgan fingerprint density at radius 1 is 1.29 bits per heavy atom. The SMILES string of the molecule is CS(=O)(=O)N(CC(=O)NCC1=CCCCC1)c1cc(Cl)ccc1Cl. The number of hydrogen-bond donors (Lipinski definition) is 1. The molecule has 0 fully saturated rings. The molecule has 1 aliphatic rings. The third kappa shape index (κ3) is 5.40. The lowest BCUT2D eigenvalue weighted by molar-refractivity contribution is -0.119. The predicted molar refractivity (Wildman–Crippen MR) is 98.2 cm³/mol. The zero-order valence-corrected chi connectivity index (χ0v) is 15.7. The van der Waals surface area contributed by atoms with Crippen LogP contribution in [0.15, 0.2) is 29.8 Å². The number of nitrogens with zero attached hydrogens (tertiary/aromatic N) is 1. The van der Waals surface area contributed by atoms with Crippen LogP contribution in [0.5, 0.6) is 0 Å². The van der Waals surface area contributed by atoms with Crippen molar-refractivity contribution in [2.75, 3.05) is 23.7 Å². The number of carbonyl (C=O) groups excluding carboxylic acids is 1. The van der Waals surface area contributed by atoms with Crippen LogP contribution in [0, 0.1) is 0 Å². The van der Waals surface area contributed by atoms with Gasteiger partial charge in [0.2, 0.25) is 15.9 Å². The highest BCUT2D eigenvalue weighted by atomic mass is 35.5. The van der Waals surface area contributed by atoms with Gasteiger partial charge in [0, 0.05) is 11.6 Å². The van der Waals surface area contributed by atoms with Gasteiger partial charge in [0.15, 0.2) is 0 Å². The quantitative estimate of drug-likeness (QED) is 0.756. The Balaban J connectivity index is 2.10. The summed E-state index contributed by atoms with van der Waals surface area (Å²) in [4.78, 5) is 12.2. The molecule has 0 heterocycles. The highest BCUT2D eigenvalue weighted by Gasteiger charge is 2.23. The van der Waals surface area contributed by atoms with Gasteiger partial charge in [-0.25, -0.2) is 8.42 Å². The van der Waals surface area contributed by atoms with Gasteiger partial charge >= 0.3 is 0 Å². The van der Waals surface area contributed by atoms with Crippen molar-refractivity contribution in [3.8, 4) is 0 Å². The Hall–Kier alpha value is -1.24. The molecule has 0 aromatic heterocycles. The van der Waals surface area contributed by atoms with Gasteiger partial charge in [0.25, 0.3) is 0 Å². The number of halogens is 2. The van der Waals surface area contributed by atoms with Crippen LogP contribution >= 0.6 is 23.2 Å². The maximum Gasteiger partial charge on any atom is 0.241 e. The van der Waals surface area contributed by atoms with Crippen molar-refractivity contribution >= 4 is 44.8 Å². The van der Waals surface area contributed by atoms with E-state index in [-0.39, 0.29) is 23.2 Å². The summed E-state index contributed by atoms with van der Waals surface area (Å²) in [6.45, 7) is 0.103. The van der Waals surface area contributed by atoms with Gasteiger partial charge in [-0.15, -0.1) is 0 Å². The van der Waals surface area contributed by atoms with Crippen LogP contribution in [0.25, 0.3) is 0 Å². The van der Waals surface area contributed by atoms with Crippen LogP contribution in [0.4, 0.5) is 5.69 Å². The van der Waals surface area contributed by atoms with E-state index in [4.69, 9.17) is 23.2 Å². The minimum Gasteiger partial charge on any atom is -0.351 e. The Bertz CT molecular complexity index is 748. The van der Waals surface area contributed by atoms with E-state index in [0.717, 1.165) is 29.8 Å². The zero-order chi connectivity index (χ0) is 17.7. The first-order valence-electron chi connectivity index (χ1n) is 7.65. The number of anilines is 1. The molecule has 0 aliphatic heterocycles. The molecule has 0 saturated carbocycles. The fourth-order valence-corrected chi connectivity index (χ4v) is 3.82. The molecule has 1 aromatic rings. The van der Waals surface area contributed by atoms with Crippen molar-refractivity contribution in [3.05, 3.63) is 39.9 Å². The monoisotopic (exact) mass is 390 g/mol. The number of allylic oxidation sites excluding steroid dienone is 1. The summed E-state index contributed by atoms with van der Waals surface area (Å²) < 4.78 is 25.1. The first kappa shape index (κ1) is 19.1. The molecule has 1 amide bonds. The molecular weight excluding hydrogens is 371 g/mol. The van der Waals surface area contributed by atoms with Gasteiger partial charge in [-0.1, -0.05) is 34.9 Å². The zero-order valence-electron chi connectivity index (χ0n) is 13.4. The van der Waals surface area contributed by atoms with Crippen LogP contribution in [0.3, 0.4) is 0 Å². The normalized spacial score (nSPS) is 14.9. The van der Waals surface area contributed by atoms with Crippen molar-refractivity contribution in [3.63, 3.8) is 0 Å². The van der Waals surface area contributed by atoms with E-state index < -0.39 is 10.0 Å². The second kappa shape index (κ2) is 8.23. The molecule has 0 atom stereocenters. The van der Waals surface area contributed by atoms with E-state index in [1.165, 1.54) is 24.1 Å². The van der Waals surface area contributed by atoms with E-state index in [9.17, 15) is 13.2 Å². The molecule has 0 saturated heterocycles. The van der Waals surface area contributed by atoms with Crippen molar-refractivity contribution in [1.82, 2.24) is 5.32 Å². The number of amides is 1. The number of rotatable bonds is 6. The molecule has 24 heavy (non-hydrogen) atoms. The second-order valence-electron chi connectivity index (χ2n) is 5.75. The molecule has 1 N–H and O–H groups in total. The van der Waals surface area contributed by atoms with E-state index in [2.05, 4.69) is 11.4 Å². The largest absolute Gasteiger partial charge is 0.351 e. The average Bonchev–Trinajstić information content (AvgIpc) is 2.53. The van der Waals surface area contributed by atoms with E-state index in [0.29, 0.717) is 11.6 Å². The molecule has 132 valence electrons. The van der Waals surface area contributed by atoms with Gasteiger partial charge in [-0.05, 0) is 43.9 Å². The Morgan fingerprint density at radius 3 is 2.67 bits per heavy atom. The van der Waals surface area contributed by atoms with Gasteiger partial charge < -0.3 is 5.32 Å². The number of carbonyl (C=O) groups is 1. The number of sulfonamides is 1. The maximum absolute atomic E-state index is 12.2.